The van der Waals surface area contributed by atoms with Crippen LogP contribution in [0.5, 0.6) is 0 Å². The molecule has 0 unspecified atom stereocenters. The van der Waals surface area contributed by atoms with Gasteiger partial charge in [-0.1, -0.05) is 6.07 Å². The molecule has 4 nitrogen and oxygen atoms in total. The summed E-state index contributed by atoms with van der Waals surface area (Å²) in [6, 6.07) is 4.07. The van der Waals surface area contributed by atoms with Gasteiger partial charge in [-0.15, -0.1) is 11.3 Å². The third-order valence-electron chi connectivity index (χ3n) is 2.25. The Labute approximate surface area is 106 Å². The van der Waals surface area contributed by atoms with Gasteiger partial charge in [0.05, 0.1) is 25.9 Å². The first-order chi connectivity index (χ1) is 8.24. The third-order valence-corrected chi connectivity index (χ3v) is 3.31. The van der Waals surface area contributed by atoms with E-state index < -0.39 is 0 Å². The SMILES string of the molecule is COCCOCCC(=O)N[C@H](C)c1cccs1. The van der Waals surface area contributed by atoms with Crippen LogP contribution in [-0.4, -0.2) is 32.8 Å². The molecule has 1 amide bonds. The number of carbonyl (C=O) groups is 1. The van der Waals surface area contributed by atoms with Gasteiger partial charge in [0.2, 0.25) is 5.91 Å². The summed E-state index contributed by atoms with van der Waals surface area (Å²) in [5, 5.41) is 4.94. The maximum Gasteiger partial charge on any atom is 0.222 e. The minimum atomic E-state index is 0.0170. The Balaban J connectivity index is 2.12. The van der Waals surface area contributed by atoms with Crippen molar-refractivity contribution in [3.8, 4) is 0 Å². The van der Waals surface area contributed by atoms with Crippen LogP contribution in [0, 0.1) is 0 Å². The smallest absolute Gasteiger partial charge is 0.222 e. The fraction of sp³-hybridized carbons (Fsp3) is 0.583. The summed E-state index contributed by atoms with van der Waals surface area (Å²) < 4.78 is 10.1. The van der Waals surface area contributed by atoms with Crippen molar-refractivity contribution in [3.05, 3.63) is 22.4 Å². The molecule has 0 aliphatic rings. The molecule has 0 fully saturated rings. The van der Waals surface area contributed by atoms with E-state index in [1.165, 1.54) is 4.88 Å². The highest BCUT2D eigenvalue weighted by Crippen LogP contribution is 2.17. The number of methoxy groups -OCH3 is 1. The van der Waals surface area contributed by atoms with Crippen LogP contribution < -0.4 is 5.32 Å². The predicted molar refractivity (Wildman–Crippen MR) is 68.2 cm³/mol. The zero-order chi connectivity index (χ0) is 12.5. The molecule has 0 spiro atoms. The molecule has 0 saturated heterocycles. The second-order valence-electron chi connectivity index (χ2n) is 3.66. The Morgan fingerprint density at radius 1 is 1.47 bits per heavy atom. The molecule has 1 aromatic heterocycles. The first kappa shape index (κ1) is 14.2. The molecular weight excluding hydrogens is 238 g/mol. The summed E-state index contributed by atoms with van der Waals surface area (Å²) >= 11 is 1.65. The van der Waals surface area contributed by atoms with E-state index in [0.29, 0.717) is 26.2 Å². The maximum absolute atomic E-state index is 11.6. The fourth-order valence-electron chi connectivity index (χ4n) is 1.33. The summed E-state index contributed by atoms with van der Waals surface area (Å²) in [4.78, 5) is 12.7. The first-order valence-electron chi connectivity index (χ1n) is 5.63. The van der Waals surface area contributed by atoms with Crippen LogP contribution in [0.3, 0.4) is 0 Å². The van der Waals surface area contributed by atoms with Crippen molar-refractivity contribution in [2.75, 3.05) is 26.9 Å². The molecule has 0 aliphatic carbocycles. The lowest BCUT2D eigenvalue weighted by molar-refractivity contribution is -0.122. The monoisotopic (exact) mass is 257 g/mol. The van der Waals surface area contributed by atoms with Crippen LogP contribution in [-0.2, 0) is 14.3 Å². The van der Waals surface area contributed by atoms with Gasteiger partial charge in [0.25, 0.3) is 0 Å². The van der Waals surface area contributed by atoms with Gasteiger partial charge >= 0.3 is 0 Å². The van der Waals surface area contributed by atoms with Gasteiger partial charge in [0, 0.05) is 18.4 Å². The Bertz CT molecular complexity index is 314. The second kappa shape index (κ2) is 8.22. The van der Waals surface area contributed by atoms with Crippen molar-refractivity contribution < 1.29 is 14.3 Å². The highest BCUT2D eigenvalue weighted by Gasteiger charge is 2.09. The zero-order valence-corrected chi connectivity index (χ0v) is 11.1. The molecule has 0 bridgehead atoms. The number of hydrogen-bond acceptors (Lipinski definition) is 4. The number of hydrogen-bond donors (Lipinski definition) is 1. The fourth-order valence-corrected chi connectivity index (χ4v) is 2.07. The molecule has 1 rings (SSSR count). The second-order valence-corrected chi connectivity index (χ2v) is 4.64. The summed E-state index contributed by atoms with van der Waals surface area (Å²) in [7, 11) is 1.62. The Morgan fingerprint density at radius 2 is 2.29 bits per heavy atom. The minimum absolute atomic E-state index is 0.0170. The minimum Gasteiger partial charge on any atom is -0.382 e. The number of nitrogens with one attached hydrogen (secondary N) is 1. The average molecular weight is 257 g/mol. The average Bonchev–Trinajstić information content (AvgIpc) is 2.82. The molecule has 0 aromatic carbocycles. The van der Waals surface area contributed by atoms with Crippen molar-refractivity contribution in [1.29, 1.82) is 0 Å². The molecule has 17 heavy (non-hydrogen) atoms. The Hall–Kier alpha value is -0.910. The first-order valence-corrected chi connectivity index (χ1v) is 6.51. The number of thiophene rings is 1. The summed E-state index contributed by atoms with van der Waals surface area (Å²) in [5.41, 5.74) is 0. The summed E-state index contributed by atoms with van der Waals surface area (Å²) in [6.45, 7) is 3.51. The van der Waals surface area contributed by atoms with E-state index in [4.69, 9.17) is 9.47 Å². The lowest BCUT2D eigenvalue weighted by Crippen LogP contribution is -2.27. The van der Waals surface area contributed by atoms with Gasteiger partial charge in [0.1, 0.15) is 0 Å². The van der Waals surface area contributed by atoms with Gasteiger partial charge in [-0.05, 0) is 18.4 Å². The van der Waals surface area contributed by atoms with E-state index in [1.54, 1.807) is 18.4 Å². The largest absolute Gasteiger partial charge is 0.382 e. The number of amides is 1. The lowest BCUT2D eigenvalue weighted by Gasteiger charge is -2.12. The highest BCUT2D eigenvalue weighted by molar-refractivity contribution is 7.10. The molecule has 1 atom stereocenters. The molecular formula is C12H19NO3S. The van der Waals surface area contributed by atoms with Crippen LogP contribution in [0.15, 0.2) is 17.5 Å². The Kier molecular flexibility index (Phi) is 6.84. The number of ether oxygens (including phenoxy) is 2. The van der Waals surface area contributed by atoms with E-state index in [9.17, 15) is 4.79 Å². The lowest BCUT2D eigenvalue weighted by atomic mass is 10.2. The van der Waals surface area contributed by atoms with Gasteiger partial charge < -0.3 is 14.8 Å². The quantitative estimate of drug-likeness (QED) is 0.724. The van der Waals surface area contributed by atoms with Crippen LogP contribution in [0.4, 0.5) is 0 Å². The van der Waals surface area contributed by atoms with E-state index in [0.717, 1.165) is 0 Å². The van der Waals surface area contributed by atoms with Crippen LogP contribution in [0.2, 0.25) is 0 Å². The molecule has 0 aliphatic heterocycles. The highest BCUT2D eigenvalue weighted by atomic mass is 32.1. The van der Waals surface area contributed by atoms with Gasteiger partial charge in [-0.2, -0.15) is 0 Å². The van der Waals surface area contributed by atoms with Crippen molar-refractivity contribution >= 4 is 17.2 Å². The van der Waals surface area contributed by atoms with Crippen LogP contribution in [0.1, 0.15) is 24.3 Å². The van der Waals surface area contributed by atoms with E-state index in [2.05, 4.69) is 5.32 Å². The molecule has 1 N–H and O–H groups in total. The summed E-state index contributed by atoms with van der Waals surface area (Å²) in [5.74, 6) is 0.0170. The van der Waals surface area contributed by atoms with Crippen LogP contribution >= 0.6 is 11.3 Å². The zero-order valence-electron chi connectivity index (χ0n) is 10.3. The molecule has 0 saturated carbocycles. The van der Waals surface area contributed by atoms with E-state index in [1.807, 2.05) is 24.4 Å². The van der Waals surface area contributed by atoms with Gasteiger partial charge in [-0.3, -0.25) is 4.79 Å². The maximum atomic E-state index is 11.6. The topological polar surface area (TPSA) is 47.6 Å². The molecule has 1 aromatic rings. The van der Waals surface area contributed by atoms with E-state index >= 15 is 0 Å². The standard InChI is InChI=1S/C12H19NO3S/c1-10(11-4-3-9-17-11)13-12(14)5-6-16-8-7-15-2/h3-4,9-10H,5-8H2,1-2H3,(H,13,14)/t10-/m1/s1. The molecule has 0 radical (unpaired) electrons. The van der Waals surface area contributed by atoms with Gasteiger partial charge in [-0.25, -0.2) is 0 Å². The van der Waals surface area contributed by atoms with Crippen molar-refractivity contribution in [2.45, 2.75) is 19.4 Å². The third kappa shape index (κ3) is 5.81. The molecule has 5 heteroatoms. The van der Waals surface area contributed by atoms with Crippen LogP contribution in [0.25, 0.3) is 0 Å². The van der Waals surface area contributed by atoms with Crippen molar-refractivity contribution in [1.82, 2.24) is 5.32 Å². The summed E-state index contributed by atoms with van der Waals surface area (Å²) in [6.07, 6.45) is 0.388. The molecule has 96 valence electrons. The Morgan fingerprint density at radius 3 is 2.94 bits per heavy atom. The normalized spacial score (nSPS) is 12.4. The number of rotatable bonds is 8. The molecule has 1 heterocycles. The van der Waals surface area contributed by atoms with Gasteiger partial charge in [0.15, 0.2) is 0 Å². The van der Waals surface area contributed by atoms with E-state index in [-0.39, 0.29) is 11.9 Å². The van der Waals surface area contributed by atoms with Crippen molar-refractivity contribution in [2.24, 2.45) is 0 Å². The number of carbonyl (C=O) groups excluding carboxylic acids is 1. The predicted octanol–water partition coefficient (Wildman–Crippen LogP) is 1.98. The van der Waals surface area contributed by atoms with Crippen molar-refractivity contribution in [3.63, 3.8) is 0 Å².